The van der Waals surface area contributed by atoms with Crippen molar-refractivity contribution >= 4 is 23.3 Å². The van der Waals surface area contributed by atoms with Crippen molar-refractivity contribution in [1.29, 1.82) is 0 Å². The van der Waals surface area contributed by atoms with Gasteiger partial charge in [0.25, 0.3) is 5.91 Å². The number of hydrogen-bond donors (Lipinski definition) is 0. The third-order valence-electron chi connectivity index (χ3n) is 8.93. The molecule has 0 radical (unpaired) electrons. The molecule has 0 atom stereocenters. The van der Waals surface area contributed by atoms with E-state index in [1.807, 2.05) is 79.2 Å². The van der Waals surface area contributed by atoms with Gasteiger partial charge in [0.05, 0.1) is 0 Å². The quantitative estimate of drug-likeness (QED) is 0.148. The summed E-state index contributed by atoms with van der Waals surface area (Å²) in [5.74, 6) is -0.0186. The largest absolute Gasteiger partial charge is 0.444 e. The average molecular weight is 672 g/mol. The molecule has 0 aliphatic heterocycles. The van der Waals surface area contributed by atoms with Crippen LogP contribution in [0.1, 0.15) is 79.9 Å². The van der Waals surface area contributed by atoms with Gasteiger partial charge in [-0.15, -0.1) is 11.3 Å². The lowest BCUT2D eigenvalue weighted by Crippen LogP contribution is -2.43. The molecule has 0 bridgehead atoms. The molecule has 0 saturated heterocycles. The average Bonchev–Trinajstić information content (AvgIpc) is 3.66. The Morgan fingerprint density at radius 2 is 1.35 bits per heavy atom. The fourth-order valence-corrected chi connectivity index (χ4v) is 7.13. The zero-order valence-corrected chi connectivity index (χ0v) is 29.5. The van der Waals surface area contributed by atoms with Crippen molar-refractivity contribution in [3.05, 3.63) is 137 Å². The Morgan fingerprint density at radius 3 is 1.92 bits per heavy atom. The monoisotopic (exact) mass is 671 g/mol. The fraction of sp³-hybridized carbons (Fsp3) is 0.310. The van der Waals surface area contributed by atoms with Crippen LogP contribution in [0.4, 0.5) is 4.79 Å². The predicted molar refractivity (Wildman–Crippen MR) is 198 cm³/mol. The highest BCUT2D eigenvalue weighted by molar-refractivity contribution is 7.13. The normalized spacial score (nSPS) is 13.5. The number of carbonyl (C=O) groups is 2. The molecule has 1 aliphatic carbocycles. The molecule has 252 valence electrons. The summed E-state index contributed by atoms with van der Waals surface area (Å²) in [6.07, 6.45) is 8.91. The van der Waals surface area contributed by atoms with Crippen LogP contribution in [0, 0.1) is 0 Å². The Hall–Kier alpha value is -4.75. The lowest BCUT2D eigenvalue weighted by atomic mass is 9.94. The molecule has 7 heteroatoms. The van der Waals surface area contributed by atoms with Gasteiger partial charge in [-0.05, 0) is 96.6 Å². The van der Waals surface area contributed by atoms with E-state index in [2.05, 4.69) is 65.0 Å². The minimum atomic E-state index is -0.529. The maximum absolute atomic E-state index is 13.8. The molecule has 0 spiro atoms. The third kappa shape index (κ3) is 9.24. The summed E-state index contributed by atoms with van der Waals surface area (Å²) >= 11 is 1.69. The van der Waals surface area contributed by atoms with Crippen molar-refractivity contribution in [3.8, 4) is 21.6 Å². The molecule has 2 aromatic heterocycles. The van der Waals surface area contributed by atoms with E-state index in [0.717, 1.165) is 59.1 Å². The fourth-order valence-electron chi connectivity index (χ4n) is 6.39. The third-order valence-corrected chi connectivity index (χ3v) is 9.85. The number of carbonyl (C=O) groups excluding carboxylic acids is 2. The zero-order chi connectivity index (χ0) is 34.2. The minimum Gasteiger partial charge on any atom is -0.444 e. The molecule has 5 aromatic rings. The van der Waals surface area contributed by atoms with Crippen molar-refractivity contribution < 1.29 is 14.3 Å². The van der Waals surface area contributed by atoms with Crippen LogP contribution < -0.4 is 0 Å². The molecule has 1 fully saturated rings. The van der Waals surface area contributed by atoms with Crippen LogP contribution in [0.5, 0.6) is 0 Å². The van der Waals surface area contributed by atoms with Gasteiger partial charge in [-0.25, -0.2) is 4.79 Å². The van der Waals surface area contributed by atoms with Gasteiger partial charge in [0, 0.05) is 48.5 Å². The van der Waals surface area contributed by atoms with Gasteiger partial charge >= 0.3 is 6.09 Å². The van der Waals surface area contributed by atoms with Gasteiger partial charge in [0.1, 0.15) is 5.60 Å². The molecular weight excluding hydrogens is 627 g/mol. The van der Waals surface area contributed by atoms with Crippen LogP contribution in [0.15, 0.2) is 115 Å². The lowest BCUT2D eigenvalue weighted by molar-refractivity contribution is 0.00987. The van der Waals surface area contributed by atoms with E-state index in [-0.39, 0.29) is 18.0 Å². The van der Waals surface area contributed by atoms with E-state index >= 15 is 0 Å². The molecule has 1 saturated carbocycles. The predicted octanol–water partition coefficient (Wildman–Crippen LogP) is 10.4. The van der Waals surface area contributed by atoms with Gasteiger partial charge in [-0.1, -0.05) is 92.1 Å². The van der Waals surface area contributed by atoms with Gasteiger partial charge in [0.2, 0.25) is 0 Å². The van der Waals surface area contributed by atoms with E-state index in [4.69, 9.17) is 4.74 Å². The van der Waals surface area contributed by atoms with Gasteiger partial charge in [-0.2, -0.15) is 0 Å². The second-order valence-corrected chi connectivity index (χ2v) is 14.8. The SMILES string of the molecule is CC(C)(C)OC(=O)N(Cc1ccc(-c2ccc(CN(Cc3cccnc3)C(=O)c3ccc(-c4cccs4)cc3)cc2)cc1)C1CCCCC1. The summed E-state index contributed by atoms with van der Waals surface area (Å²) < 4.78 is 5.81. The number of thiophene rings is 1. The molecule has 0 N–H and O–H groups in total. The topological polar surface area (TPSA) is 62.7 Å². The Morgan fingerprint density at radius 1 is 0.735 bits per heavy atom. The van der Waals surface area contributed by atoms with Crippen LogP contribution in [0.3, 0.4) is 0 Å². The maximum Gasteiger partial charge on any atom is 0.410 e. The summed E-state index contributed by atoms with van der Waals surface area (Å²) in [6, 6.07) is 33.0. The summed E-state index contributed by atoms with van der Waals surface area (Å²) in [5.41, 5.74) is 6.56. The Bertz CT molecular complexity index is 1790. The molecule has 3 aromatic carbocycles. The first-order valence-corrected chi connectivity index (χ1v) is 18.1. The standard InChI is InChI=1S/C42H45N3O3S/c1-42(2,3)48-41(47)45(38-10-5-4-6-11-38)30-32-15-19-35(20-16-32)34-17-13-31(14-18-34)28-44(29-33-9-7-25-43-27-33)40(46)37-23-21-36(22-24-37)39-12-8-26-49-39/h7-9,12-27,38H,4-6,10-11,28-30H2,1-3H3. The van der Waals surface area contributed by atoms with Crippen molar-refractivity contribution in [2.75, 3.05) is 0 Å². The Labute approximate surface area is 294 Å². The van der Waals surface area contributed by atoms with E-state index in [1.165, 1.54) is 11.3 Å². The molecule has 6 nitrogen and oxygen atoms in total. The first-order valence-electron chi connectivity index (χ1n) is 17.2. The molecule has 49 heavy (non-hydrogen) atoms. The molecule has 2 heterocycles. The number of hydrogen-bond acceptors (Lipinski definition) is 5. The Kier molecular flexibility index (Phi) is 10.9. The van der Waals surface area contributed by atoms with E-state index in [9.17, 15) is 9.59 Å². The second kappa shape index (κ2) is 15.6. The Balaban J connectivity index is 1.15. The van der Waals surface area contributed by atoms with Crippen LogP contribution in [0.25, 0.3) is 21.6 Å². The van der Waals surface area contributed by atoms with Gasteiger partial charge in [-0.3, -0.25) is 9.78 Å². The minimum absolute atomic E-state index is 0.0186. The zero-order valence-electron chi connectivity index (χ0n) is 28.7. The molecule has 6 rings (SSSR count). The number of rotatable bonds is 10. The number of nitrogens with zero attached hydrogens (tertiary/aromatic N) is 3. The van der Waals surface area contributed by atoms with Crippen molar-refractivity contribution in [1.82, 2.24) is 14.8 Å². The maximum atomic E-state index is 13.8. The molecule has 2 amide bonds. The summed E-state index contributed by atoms with van der Waals surface area (Å²) in [6.45, 7) is 7.24. The van der Waals surface area contributed by atoms with Gasteiger partial charge in [0.15, 0.2) is 0 Å². The highest BCUT2D eigenvalue weighted by atomic mass is 32.1. The lowest BCUT2D eigenvalue weighted by Gasteiger charge is -2.35. The highest BCUT2D eigenvalue weighted by Gasteiger charge is 2.29. The number of ether oxygens (including phenoxy) is 1. The van der Waals surface area contributed by atoms with Crippen molar-refractivity contribution in [2.45, 2.75) is 84.2 Å². The number of aromatic nitrogens is 1. The molecule has 1 aliphatic rings. The molecular formula is C42H45N3O3S. The van der Waals surface area contributed by atoms with Crippen LogP contribution >= 0.6 is 11.3 Å². The van der Waals surface area contributed by atoms with Crippen LogP contribution in [0.2, 0.25) is 0 Å². The van der Waals surface area contributed by atoms with Crippen molar-refractivity contribution in [2.24, 2.45) is 0 Å². The number of amides is 2. The first kappa shape index (κ1) is 34.1. The van der Waals surface area contributed by atoms with E-state index in [0.29, 0.717) is 25.2 Å². The number of pyridine rings is 1. The summed E-state index contributed by atoms with van der Waals surface area (Å²) in [7, 11) is 0. The summed E-state index contributed by atoms with van der Waals surface area (Å²) in [4.78, 5) is 36.3. The highest BCUT2D eigenvalue weighted by Crippen LogP contribution is 2.28. The van der Waals surface area contributed by atoms with Crippen molar-refractivity contribution in [3.63, 3.8) is 0 Å². The molecule has 0 unspecified atom stereocenters. The first-order chi connectivity index (χ1) is 23.7. The number of benzene rings is 3. The van der Waals surface area contributed by atoms with Gasteiger partial charge < -0.3 is 14.5 Å². The summed E-state index contributed by atoms with van der Waals surface area (Å²) in [5, 5.41) is 2.06. The van der Waals surface area contributed by atoms with E-state index in [1.54, 1.807) is 17.5 Å². The van der Waals surface area contributed by atoms with Crippen LogP contribution in [-0.4, -0.2) is 38.4 Å². The smallest absolute Gasteiger partial charge is 0.410 e. The second-order valence-electron chi connectivity index (χ2n) is 13.9. The van der Waals surface area contributed by atoms with E-state index < -0.39 is 5.60 Å². The van der Waals surface area contributed by atoms with Crippen LogP contribution in [-0.2, 0) is 24.4 Å².